The molecule has 7 unspecified atom stereocenters. The van der Waals surface area contributed by atoms with Gasteiger partial charge in [-0.05, 0) is 73.1 Å². The lowest BCUT2D eigenvalue weighted by Crippen LogP contribution is -2.44. The number of fused-ring (bicyclic) bond motifs is 9. The Morgan fingerprint density at radius 3 is 2.48 bits per heavy atom. The number of aliphatic carboxylic acids is 1. The third kappa shape index (κ3) is 4.94. The molecule has 3 amide bonds. The van der Waals surface area contributed by atoms with Gasteiger partial charge in [0.1, 0.15) is 11.8 Å². The molecule has 2 saturated carbocycles. The number of carboxylic acid groups (broad SMARTS) is 1. The molecule has 8 atom stereocenters. The van der Waals surface area contributed by atoms with Gasteiger partial charge in [0, 0.05) is 21.7 Å². The molecule has 0 radical (unpaired) electrons. The van der Waals surface area contributed by atoms with Crippen molar-refractivity contribution in [1.29, 1.82) is 0 Å². The van der Waals surface area contributed by atoms with Crippen LogP contribution in [0.4, 0.5) is 5.69 Å². The molecule has 240 valence electrons. The number of nitrogens with zero attached hydrogens (tertiary/aromatic N) is 1. The van der Waals surface area contributed by atoms with E-state index < -0.39 is 51.6 Å². The van der Waals surface area contributed by atoms with Gasteiger partial charge in [-0.3, -0.25) is 24.1 Å². The Kier molecular flexibility index (Phi) is 7.38. The number of thioether (sulfide) groups is 1. The Hall–Kier alpha value is -3.99. The molecule has 4 aliphatic rings. The van der Waals surface area contributed by atoms with Crippen LogP contribution in [0.3, 0.4) is 0 Å². The van der Waals surface area contributed by atoms with Crippen molar-refractivity contribution in [2.45, 2.75) is 40.5 Å². The molecule has 13 nitrogen and oxygen atoms in total. The van der Waals surface area contributed by atoms with E-state index in [1.165, 1.54) is 43.0 Å². The number of anilines is 1. The Bertz CT molecular complexity index is 1960. The lowest BCUT2D eigenvalue weighted by molar-refractivity contribution is -0.154. The third-order valence-corrected chi connectivity index (χ3v) is 13.1. The maximum absolute atomic E-state index is 13.6. The fourth-order valence-electron chi connectivity index (χ4n) is 7.78. The molecule has 2 aromatic carbocycles. The van der Waals surface area contributed by atoms with E-state index in [1.807, 2.05) is 12.1 Å². The molecular weight excluding hydrogens is 657 g/mol. The minimum atomic E-state index is -3.86. The molecule has 16 heteroatoms. The van der Waals surface area contributed by atoms with E-state index in [0.29, 0.717) is 17.9 Å². The number of primary sulfonamides is 1. The smallest absolute Gasteiger partial charge is 0.326 e. The van der Waals surface area contributed by atoms with Gasteiger partial charge < -0.3 is 20.1 Å². The van der Waals surface area contributed by atoms with Crippen LogP contribution in [0.5, 0.6) is 5.75 Å². The summed E-state index contributed by atoms with van der Waals surface area (Å²) in [6.07, 6.45) is 0.661. The number of ether oxygens (including phenoxy) is 1. The van der Waals surface area contributed by atoms with Gasteiger partial charge in [0.05, 0.1) is 21.8 Å². The number of carbonyl (C=O) groups is 4. The number of imide groups is 1. The second kappa shape index (κ2) is 11.1. The number of carboxylic acids is 1. The van der Waals surface area contributed by atoms with Gasteiger partial charge in [0.25, 0.3) is 5.91 Å². The van der Waals surface area contributed by atoms with Gasteiger partial charge in [0.2, 0.25) is 21.8 Å². The van der Waals surface area contributed by atoms with E-state index in [4.69, 9.17) is 9.88 Å². The number of sulfonamides is 1. The molecule has 0 spiro atoms. The lowest BCUT2D eigenvalue weighted by Gasteiger charge is -2.43. The number of benzene rings is 2. The molecule has 1 saturated heterocycles. The van der Waals surface area contributed by atoms with Crippen LogP contribution in [0, 0.1) is 29.6 Å². The van der Waals surface area contributed by atoms with E-state index >= 15 is 0 Å². The average molecular weight is 685 g/mol. The normalized spacial score (nSPS) is 28.4. The van der Waals surface area contributed by atoms with Crippen molar-refractivity contribution >= 4 is 62.5 Å². The quantitative estimate of drug-likeness (QED) is 0.254. The number of carbonyl (C=O) groups excluding carboxylic acids is 3. The lowest BCUT2D eigenvalue weighted by atomic mass is 9.68. The third-order valence-electron chi connectivity index (χ3n) is 9.56. The SMILES string of the molecule is CC(C(=O)O)N1C(=O)C2C3CC(C2C1=O)C1C3Sc2[nH]c(=O)sc2[C@@H]1c1cccc(OCC(=O)Nc2ccc(S(N)(=O)=O)cc2)c1. The second-order valence-electron chi connectivity index (χ2n) is 12.0. The molecule has 5 N–H and O–H groups in total. The highest BCUT2D eigenvalue weighted by atomic mass is 32.2. The van der Waals surface area contributed by atoms with Crippen LogP contribution >= 0.6 is 23.1 Å². The first kappa shape index (κ1) is 30.7. The average Bonchev–Trinajstić information content (AvgIpc) is 3.74. The Labute approximate surface area is 270 Å². The van der Waals surface area contributed by atoms with E-state index in [1.54, 1.807) is 12.1 Å². The number of aromatic nitrogens is 1. The summed E-state index contributed by atoms with van der Waals surface area (Å²) in [6.45, 7) is 1.02. The molecule has 1 aromatic heterocycles. The second-order valence-corrected chi connectivity index (χ2v) is 15.8. The predicted octanol–water partition coefficient (Wildman–Crippen LogP) is 2.05. The summed E-state index contributed by atoms with van der Waals surface area (Å²) in [6, 6.07) is 11.4. The van der Waals surface area contributed by atoms with Gasteiger partial charge in [0.15, 0.2) is 6.61 Å². The summed E-state index contributed by atoms with van der Waals surface area (Å²) in [5.74, 6) is -4.05. The molecule has 3 aromatic rings. The molecular formula is C30H28N4O9S3. The first-order valence-corrected chi connectivity index (χ1v) is 17.7. The van der Waals surface area contributed by atoms with Gasteiger partial charge in [-0.15, -0.1) is 11.8 Å². The summed E-state index contributed by atoms with van der Waals surface area (Å²) in [4.78, 5) is 68.4. The maximum atomic E-state index is 13.6. The molecule has 2 bridgehead atoms. The van der Waals surface area contributed by atoms with Crippen molar-refractivity contribution < 1.29 is 37.4 Å². The summed E-state index contributed by atoms with van der Waals surface area (Å²) in [5, 5.41) is 18.0. The zero-order chi connectivity index (χ0) is 32.7. The van der Waals surface area contributed by atoms with E-state index in [9.17, 15) is 37.5 Å². The van der Waals surface area contributed by atoms with Gasteiger partial charge >= 0.3 is 10.8 Å². The topological polar surface area (TPSA) is 206 Å². The van der Waals surface area contributed by atoms with Crippen LogP contribution in [-0.4, -0.2) is 65.0 Å². The maximum Gasteiger partial charge on any atom is 0.326 e. The Balaban J connectivity index is 1.14. The summed E-state index contributed by atoms with van der Waals surface area (Å²) >= 11 is 2.64. The molecule has 46 heavy (non-hydrogen) atoms. The number of rotatable bonds is 8. The summed E-state index contributed by atoms with van der Waals surface area (Å²) in [7, 11) is -3.86. The van der Waals surface area contributed by atoms with Crippen LogP contribution in [-0.2, 0) is 29.2 Å². The number of amides is 3. The molecule has 2 aliphatic heterocycles. The minimum absolute atomic E-state index is 0.0677. The Morgan fingerprint density at radius 1 is 1.11 bits per heavy atom. The van der Waals surface area contributed by atoms with Crippen molar-refractivity contribution in [2.24, 2.45) is 34.7 Å². The van der Waals surface area contributed by atoms with Gasteiger partial charge in [-0.2, -0.15) is 0 Å². The highest BCUT2D eigenvalue weighted by Crippen LogP contribution is 2.68. The standard InChI is InChI=1S/C30H28N4O9S3/c1-12(29(38)39)34-27(36)22-17-10-18(23(22)28(34)37)24-21(17)20(25-26(44-24)33-30(40)45-25)13-3-2-4-15(9-13)43-11-19(35)32-14-5-7-16(8-6-14)46(31,41)42/h2-9,12,17-18,20-24H,10-11H2,1H3,(H,32,35)(H,33,40)(H,38,39)(H2,31,41,42)/t12?,17?,18?,20-,21?,22?,23?,24?/m1/s1. The van der Waals surface area contributed by atoms with Crippen molar-refractivity contribution in [3.8, 4) is 5.75 Å². The zero-order valence-corrected chi connectivity index (χ0v) is 26.6. The van der Waals surface area contributed by atoms with Crippen molar-refractivity contribution in [1.82, 2.24) is 9.88 Å². The van der Waals surface area contributed by atoms with E-state index in [0.717, 1.165) is 31.7 Å². The minimum Gasteiger partial charge on any atom is -0.484 e. The van der Waals surface area contributed by atoms with Crippen molar-refractivity contribution in [3.63, 3.8) is 0 Å². The fourth-order valence-corrected chi connectivity index (χ4v) is 11.2. The van der Waals surface area contributed by atoms with Crippen LogP contribution < -0.4 is 20.1 Å². The fraction of sp³-hybridized carbons (Fsp3) is 0.367. The first-order chi connectivity index (χ1) is 21.8. The van der Waals surface area contributed by atoms with Crippen LogP contribution in [0.1, 0.15) is 29.7 Å². The zero-order valence-electron chi connectivity index (χ0n) is 24.1. The molecule has 2 aliphatic carbocycles. The highest BCUT2D eigenvalue weighted by molar-refractivity contribution is 8.00. The van der Waals surface area contributed by atoms with Crippen LogP contribution in [0.2, 0.25) is 0 Å². The number of hydrogen-bond acceptors (Lipinski definition) is 10. The first-order valence-electron chi connectivity index (χ1n) is 14.5. The summed E-state index contributed by atoms with van der Waals surface area (Å²) in [5.41, 5.74) is 1.20. The highest BCUT2D eigenvalue weighted by Gasteiger charge is 2.70. The largest absolute Gasteiger partial charge is 0.484 e. The number of aromatic amines is 1. The molecule has 3 heterocycles. The number of nitrogens with two attached hydrogens (primary N) is 1. The van der Waals surface area contributed by atoms with Crippen molar-refractivity contribution in [3.05, 3.63) is 68.6 Å². The number of likely N-dealkylation sites (tertiary alicyclic amines) is 1. The molecule has 3 fully saturated rings. The number of thiazole rings is 1. The molecule has 7 rings (SSSR count). The predicted molar refractivity (Wildman–Crippen MR) is 166 cm³/mol. The number of hydrogen-bond donors (Lipinski definition) is 4. The number of nitrogens with one attached hydrogen (secondary N) is 2. The van der Waals surface area contributed by atoms with Gasteiger partial charge in [-0.1, -0.05) is 23.5 Å². The van der Waals surface area contributed by atoms with Crippen molar-refractivity contribution in [2.75, 3.05) is 11.9 Å². The monoisotopic (exact) mass is 684 g/mol. The summed E-state index contributed by atoms with van der Waals surface area (Å²) < 4.78 is 28.8. The van der Waals surface area contributed by atoms with Crippen LogP contribution in [0.15, 0.2) is 63.2 Å². The van der Waals surface area contributed by atoms with Crippen LogP contribution in [0.25, 0.3) is 0 Å². The number of H-pyrrole nitrogens is 1. The van der Waals surface area contributed by atoms with E-state index in [-0.39, 0.29) is 45.3 Å². The van der Waals surface area contributed by atoms with Gasteiger partial charge in [-0.25, -0.2) is 18.4 Å². The Morgan fingerprint density at radius 2 is 1.80 bits per heavy atom. The van der Waals surface area contributed by atoms with E-state index in [2.05, 4.69) is 10.3 Å².